The number of amides is 3. The fourth-order valence-corrected chi connectivity index (χ4v) is 2.44. The minimum atomic E-state index is -0.907. The summed E-state index contributed by atoms with van der Waals surface area (Å²) in [7, 11) is 0. The molecule has 0 bridgehead atoms. The number of carbonyl (C=O) groups excluding carboxylic acids is 2. The SMILES string of the molecule is NC(=O)CCCNC(=O)NC1(CC(=O)O)CCCC1. The number of urea groups is 1. The van der Waals surface area contributed by atoms with E-state index < -0.39 is 17.4 Å². The third-order valence-corrected chi connectivity index (χ3v) is 3.31. The standard InChI is InChI=1S/C12H21N3O4/c13-9(16)4-3-7-14-11(19)15-12(8-10(17)18)5-1-2-6-12/h1-8H2,(H2,13,16)(H,17,18)(H2,14,15,19). The third-order valence-electron chi connectivity index (χ3n) is 3.31. The molecule has 1 aliphatic rings. The number of hydrogen-bond donors (Lipinski definition) is 4. The van der Waals surface area contributed by atoms with Gasteiger partial charge in [-0.1, -0.05) is 12.8 Å². The average Bonchev–Trinajstić information content (AvgIpc) is 2.71. The number of rotatable bonds is 7. The van der Waals surface area contributed by atoms with Gasteiger partial charge in [-0.2, -0.15) is 0 Å². The minimum Gasteiger partial charge on any atom is -0.481 e. The molecule has 0 aliphatic heterocycles. The van der Waals surface area contributed by atoms with Crippen LogP contribution in [0.1, 0.15) is 44.9 Å². The predicted octanol–water partition coefficient (Wildman–Crippen LogP) is 0.339. The molecule has 1 rings (SSSR count). The van der Waals surface area contributed by atoms with Crippen LogP contribution in [-0.4, -0.2) is 35.1 Å². The Morgan fingerprint density at radius 3 is 2.37 bits per heavy atom. The fourth-order valence-electron chi connectivity index (χ4n) is 2.44. The van der Waals surface area contributed by atoms with E-state index in [2.05, 4.69) is 10.6 Å². The van der Waals surface area contributed by atoms with E-state index in [1.165, 1.54) is 0 Å². The second-order valence-electron chi connectivity index (χ2n) is 5.01. The molecule has 1 fully saturated rings. The Morgan fingerprint density at radius 1 is 1.21 bits per heavy atom. The summed E-state index contributed by atoms with van der Waals surface area (Å²) >= 11 is 0. The van der Waals surface area contributed by atoms with Crippen molar-refractivity contribution in [2.24, 2.45) is 5.73 Å². The number of carboxylic acids is 1. The minimum absolute atomic E-state index is 0.0539. The van der Waals surface area contributed by atoms with Crippen LogP contribution >= 0.6 is 0 Å². The first-order valence-corrected chi connectivity index (χ1v) is 6.50. The molecule has 0 saturated heterocycles. The molecule has 0 aromatic heterocycles. The molecule has 0 aromatic rings. The molecule has 0 unspecified atom stereocenters. The summed E-state index contributed by atoms with van der Waals surface area (Å²) in [6, 6.07) is -0.382. The van der Waals surface area contributed by atoms with Crippen molar-refractivity contribution in [3.63, 3.8) is 0 Å². The lowest BCUT2D eigenvalue weighted by atomic mass is 9.93. The van der Waals surface area contributed by atoms with Gasteiger partial charge in [0, 0.05) is 13.0 Å². The molecular weight excluding hydrogens is 250 g/mol. The van der Waals surface area contributed by atoms with Gasteiger partial charge in [0.25, 0.3) is 0 Å². The molecule has 5 N–H and O–H groups in total. The van der Waals surface area contributed by atoms with E-state index in [4.69, 9.17) is 10.8 Å². The zero-order valence-corrected chi connectivity index (χ0v) is 10.9. The van der Waals surface area contributed by atoms with Crippen LogP contribution in [-0.2, 0) is 9.59 Å². The summed E-state index contributed by atoms with van der Waals surface area (Å²) in [6.07, 6.45) is 3.88. The maximum Gasteiger partial charge on any atom is 0.315 e. The second kappa shape index (κ2) is 6.96. The van der Waals surface area contributed by atoms with Crippen LogP contribution in [0.5, 0.6) is 0 Å². The molecule has 0 aromatic carbocycles. The van der Waals surface area contributed by atoms with Crippen molar-refractivity contribution in [3.05, 3.63) is 0 Å². The summed E-state index contributed by atoms with van der Waals surface area (Å²) in [5, 5.41) is 14.3. The van der Waals surface area contributed by atoms with Crippen molar-refractivity contribution >= 4 is 17.9 Å². The van der Waals surface area contributed by atoms with Gasteiger partial charge in [-0.05, 0) is 19.3 Å². The van der Waals surface area contributed by atoms with Crippen LogP contribution in [0, 0.1) is 0 Å². The van der Waals surface area contributed by atoms with E-state index in [0.29, 0.717) is 25.8 Å². The van der Waals surface area contributed by atoms with Gasteiger partial charge in [0.2, 0.25) is 5.91 Å². The normalized spacial score (nSPS) is 16.8. The highest BCUT2D eigenvalue weighted by atomic mass is 16.4. The molecule has 108 valence electrons. The number of primary amides is 1. The highest BCUT2D eigenvalue weighted by Gasteiger charge is 2.37. The number of hydrogen-bond acceptors (Lipinski definition) is 3. The van der Waals surface area contributed by atoms with Crippen LogP contribution in [0.15, 0.2) is 0 Å². The van der Waals surface area contributed by atoms with E-state index in [1.807, 2.05) is 0 Å². The summed E-state index contributed by atoms with van der Waals surface area (Å²) in [6.45, 7) is 0.345. The van der Waals surface area contributed by atoms with Gasteiger partial charge in [-0.15, -0.1) is 0 Å². The maximum absolute atomic E-state index is 11.7. The Bertz CT molecular complexity index is 351. The number of nitrogens with two attached hydrogens (primary N) is 1. The quantitative estimate of drug-likeness (QED) is 0.499. The largest absolute Gasteiger partial charge is 0.481 e. The van der Waals surface area contributed by atoms with Crippen molar-refractivity contribution in [2.75, 3.05) is 6.54 Å². The Balaban J connectivity index is 2.35. The molecular formula is C12H21N3O4. The average molecular weight is 271 g/mol. The van der Waals surface area contributed by atoms with Crippen LogP contribution in [0.2, 0.25) is 0 Å². The predicted molar refractivity (Wildman–Crippen MR) is 68.4 cm³/mol. The van der Waals surface area contributed by atoms with Crippen LogP contribution in [0.25, 0.3) is 0 Å². The lowest BCUT2D eigenvalue weighted by Crippen LogP contribution is -2.51. The first-order valence-electron chi connectivity index (χ1n) is 6.50. The number of nitrogens with one attached hydrogen (secondary N) is 2. The summed E-state index contributed by atoms with van der Waals surface area (Å²) in [5.41, 5.74) is 4.36. The molecule has 0 spiro atoms. The van der Waals surface area contributed by atoms with Crippen molar-refractivity contribution < 1.29 is 19.5 Å². The molecule has 1 saturated carbocycles. The number of carboxylic acid groups (broad SMARTS) is 1. The Morgan fingerprint density at radius 2 is 1.84 bits per heavy atom. The highest BCUT2D eigenvalue weighted by molar-refractivity contribution is 5.77. The van der Waals surface area contributed by atoms with E-state index >= 15 is 0 Å². The highest BCUT2D eigenvalue weighted by Crippen LogP contribution is 2.32. The Labute approximate surface area is 111 Å². The third kappa shape index (κ3) is 5.58. The van der Waals surface area contributed by atoms with Gasteiger partial charge in [0.05, 0.1) is 12.0 Å². The summed E-state index contributed by atoms with van der Waals surface area (Å²) < 4.78 is 0. The molecule has 0 atom stereocenters. The van der Waals surface area contributed by atoms with Gasteiger partial charge in [0.1, 0.15) is 0 Å². The molecule has 7 heteroatoms. The summed E-state index contributed by atoms with van der Waals surface area (Å²) in [4.78, 5) is 33.1. The first kappa shape index (κ1) is 15.3. The molecule has 3 amide bonds. The zero-order chi connectivity index (χ0) is 14.3. The summed E-state index contributed by atoms with van der Waals surface area (Å²) in [5.74, 6) is -1.31. The molecule has 7 nitrogen and oxygen atoms in total. The van der Waals surface area contributed by atoms with Gasteiger partial charge in [-0.25, -0.2) is 4.79 Å². The van der Waals surface area contributed by atoms with E-state index in [9.17, 15) is 14.4 Å². The Hall–Kier alpha value is -1.79. The van der Waals surface area contributed by atoms with Crippen molar-refractivity contribution in [1.29, 1.82) is 0 Å². The zero-order valence-electron chi connectivity index (χ0n) is 10.9. The van der Waals surface area contributed by atoms with Gasteiger partial charge in [-0.3, -0.25) is 9.59 Å². The lowest BCUT2D eigenvalue weighted by Gasteiger charge is -2.28. The number of aliphatic carboxylic acids is 1. The van der Waals surface area contributed by atoms with E-state index in [-0.39, 0.29) is 18.9 Å². The van der Waals surface area contributed by atoms with Gasteiger partial charge >= 0.3 is 12.0 Å². The van der Waals surface area contributed by atoms with Gasteiger partial charge in [0.15, 0.2) is 0 Å². The molecule has 0 heterocycles. The molecule has 19 heavy (non-hydrogen) atoms. The number of carbonyl (C=O) groups is 3. The van der Waals surface area contributed by atoms with Crippen LogP contribution in [0.3, 0.4) is 0 Å². The van der Waals surface area contributed by atoms with E-state index in [0.717, 1.165) is 12.8 Å². The smallest absolute Gasteiger partial charge is 0.315 e. The van der Waals surface area contributed by atoms with Crippen LogP contribution in [0.4, 0.5) is 4.79 Å². The van der Waals surface area contributed by atoms with Crippen molar-refractivity contribution in [3.8, 4) is 0 Å². The fraction of sp³-hybridized carbons (Fsp3) is 0.750. The molecule has 0 radical (unpaired) electrons. The Kier molecular flexibility index (Phi) is 5.59. The van der Waals surface area contributed by atoms with Crippen molar-refractivity contribution in [1.82, 2.24) is 10.6 Å². The lowest BCUT2D eigenvalue weighted by molar-refractivity contribution is -0.138. The van der Waals surface area contributed by atoms with Crippen molar-refractivity contribution in [2.45, 2.75) is 50.5 Å². The topological polar surface area (TPSA) is 122 Å². The second-order valence-corrected chi connectivity index (χ2v) is 5.01. The molecule has 1 aliphatic carbocycles. The maximum atomic E-state index is 11.7. The first-order chi connectivity index (χ1) is 8.93. The van der Waals surface area contributed by atoms with Gasteiger partial charge < -0.3 is 21.5 Å². The monoisotopic (exact) mass is 271 g/mol. The van der Waals surface area contributed by atoms with Crippen LogP contribution < -0.4 is 16.4 Å². The van der Waals surface area contributed by atoms with E-state index in [1.54, 1.807) is 0 Å².